The molecule has 0 fully saturated rings. The predicted molar refractivity (Wildman–Crippen MR) is 65.2 cm³/mol. The van der Waals surface area contributed by atoms with Gasteiger partial charge >= 0.3 is 5.97 Å². The molecule has 0 aromatic rings. The monoisotopic (exact) mass is 234 g/mol. The van der Waals surface area contributed by atoms with Crippen LogP contribution in [-0.4, -0.2) is 18.2 Å². The summed E-state index contributed by atoms with van der Waals surface area (Å²) in [7, 11) is 0. The minimum Gasteiger partial charge on any atom is -0.490 e. The minimum atomic E-state index is -0.304. The number of hydrogen-bond donors (Lipinski definition) is 0. The van der Waals surface area contributed by atoms with Crippen molar-refractivity contribution in [1.29, 1.82) is 0 Å². The molecular formula is C14H18O3. The molecule has 3 unspecified atom stereocenters. The molecule has 0 aromatic carbocycles. The molecule has 1 heterocycles. The van der Waals surface area contributed by atoms with Crippen molar-refractivity contribution in [2.45, 2.75) is 39.4 Å². The first-order chi connectivity index (χ1) is 8.06. The number of hydrogen-bond acceptors (Lipinski definition) is 3. The fourth-order valence-corrected chi connectivity index (χ4v) is 2.06. The molecule has 2 bridgehead atoms. The second-order valence-electron chi connectivity index (χ2n) is 4.70. The molecule has 1 aliphatic carbocycles. The smallest absolute Gasteiger partial charge is 0.316 e. The summed E-state index contributed by atoms with van der Waals surface area (Å²) >= 11 is 0. The van der Waals surface area contributed by atoms with Crippen molar-refractivity contribution in [3.05, 3.63) is 35.6 Å². The van der Waals surface area contributed by atoms with Crippen LogP contribution in [0.1, 0.15) is 27.2 Å². The Balaban J connectivity index is 2.34. The molecule has 3 atom stereocenters. The second-order valence-corrected chi connectivity index (χ2v) is 4.70. The molecule has 0 saturated heterocycles. The normalized spacial score (nSPS) is 33.1. The van der Waals surface area contributed by atoms with Gasteiger partial charge in [0.05, 0.1) is 12.0 Å². The van der Waals surface area contributed by atoms with E-state index in [1.165, 1.54) is 0 Å². The molecule has 92 valence electrons. The Kier molecular flexibility index (Phi) is 3.36. The van der Waals surface area contributed by atoms with Crippen LogP contribution in [0.25, 0.3) is 0 Å². The fourth-order valence-electron chi connectivity index (χ4n) is 2.06. The van der Waals surface area contributed by atoms with Crippen LogP contribution in [0.5, 0.6) is 0 Å². The Hall–Kier alpha value is -1.51. The zero-order valence-corrected chi connectivity index (χ0v) is 10.5. The third-order valence-corrected chi connectivity index (χ3v) is 2.98. The van der Waals surface area contributed by atoms with E-state index in [-0.39, 0.29) is 24.1 Å². The third-order valence-electron chi connectivity index (χ3n) is 2.98. The van der Waals surface area contributed by atoms with Crippen LogP contribution in [0, 0.1) is 5.92 Å². The van der Waals surface area contributed by atoms with Gasteiger partial charge < -0.3 is 9.47 Å². The third kappa shape index (κ3) is 2.78. The number of allylic oxidation sites excluding steroid dienone is 3. The molecule has 3 nitrogen and oxygen atoms in total. The average molecular weight is 234 g/mol. The molecule has 2 aliphatic rings. The summed E-state index contributed by atoms with van der Waals surface area (Å²) in [5.74, 6) is 0.355. The van der Waals surface area contributed by atoms with Crippen molar-refractivity contribution in [3.63, 3.8) is 0 Å². The highest BCUT2D eigenvalue weighted by atomic mass is 16.5. The molecule has 3 heteroatoms. The van der Waals surface area contributed by atoms with Gasteiger partial charge in [0, 0.05) is 6.42 Å². The topological polar surface area (TPSA) is 35.5 Å². The van der Waals surface area contributed by atoms with Crippen LogP contribution in [0.4, 0.5) is 0 Å². The Morgan fingerprint density at radius 1 is 1.12 bits per heavy atom. The van der Waals surface area contributed by atoms with Crippen LogP contribution in [-0.2, 0) is 14.3 Å². The number of cyclic esters (lactones) is 1. The second kappa shape index (κ2) is 4.78. The highest BCUT2D eigenvalue weighted by Crippen LogP contribution is 2.23. The van der Waals surface area contributed by atoms with Gasteiger partial charge in [-0.3, -0.25) is 4.79 Å². The van der Waals surface area contributed by atoms with E-state index in [0.29, 0.717) is 6.42 Å². The molecule has 2 rings (SSSR count). The van der Waals surface area contributed by atoms with Crippen molar-refractivity contribution in [2.75, 3.05) is 0 Å². The van der Waals surface area contributed by atoms with Gasteiger partial charge in [0.1, 0.15) is 11.9 Å². The summed E-state index contributed by atoms with van der Waals surface area (Å²) in [5.41, 5.74) is 1.04. The fraction of sp³-hybridized carbons (Fsp3) is 0.500. The number of carbonyl (C=O) groups excluding carboxylic acids is 1. The van der Waals surface area contributed by atoms with Gasteiger partial charge in [0.2, 0.25) is 0 Å². The van der Waals surface area contributed by atoms with Crippen molar-refractivity contribution >= 4 is 5.97 Å². The average Bonchev–Trinajstić information content (AvgIpc) is 2.41. The van der Waals surface area contributed by atoms with E-state index in [4.69, 9.17) is 9.47 Å². The van der Waals surface area contributed by atoms with E-state index in [2.05, 4.69) is 0 Å². The molecule has 17 heavy (non-hydrogen) atoms. The van der Waals surface area contributed by atoms with E-state index >= 15 is 0 Å². The van der Waals surface area contributed by atoms with Crippen LogP contribution < -0.4 is 0 Å². The SMILES string of the molecule is CC1=C2C=CC(C=C1)C(=O)OC(C)CC(C)O2. The first-order valence-electron chi connectivity index (χ1n) is 6.00. The molecule has 1 aliphatic heterocycles. The summed E-state index contributed by atoms with van der Waals surface area (Å²) in [5, 5.41) is 0. The standard InChI is InChI=1S/C14H18O3/c1-9-4-5-12-6-7-13(9)16-10(2)8-11(3)17-14(12)15/h4-7,10-12H,8H2,1-3H3. The molecule has 0 N–H and O–H groups in total. The minimum absolute atomic E-state index is 0.0375. The van der Waals surface area contributed by atoms with Crippen molar-refractivity contribution in [1.82, 2.24) is 0 Å². The van der Waals surface area contributed by atoms with Gasteiger partial charge in [-0.15, -0.1) is 0 Å². The molecule has 0 spiro atoms. The Labute approximate surface area is 102 Å². The lowest BCUT2D eigenvalue weighted by Gasteiger charge is -2.22. The molecular weight excluding hydrogens is 216 g/mol. The summed E-state index contributed by atoms with van der Waals surface area (Å²) in [6, 6.07) is 0. The van der Waals surface area contributed by atoms with Crippen molar-refractivity contribution in [3.8, 4) is 0 Å². The summed E-state index contributed by atoms with van der Waals surface area (Å²) in [4.78, 5) is 11.9. The van der Waals surface area contributed by atoms with E-state index in [1.807, 2.05) is 45.1 Å². The highest BCUT2D eigenvalue weighted by Gasteiger charge is 2.23. The number of esters is 1. The van der Waals surface area contributed by atoms with Crippen LogP contribution >= 0.6 is 0 Å². The largest absolute Gasteiger partial charge is 0.490 e. The number of rotatable bonds is 0. The zero-order valence-electron chi connectivity index (χ0n) is 10.5. The van der Waals surface area contributed by atoms with Gasteiger partial charge in [-0.2, -0.15) is 0 Å². The lowest BCUT2D eigenvalue weighted by atomic mass is 10.1. The van der Waals surface area contributed by atoms with E-state index in [9.17, 15) is 4.79 Å². The van der Waals surface area contributed by atoms with E-state index in [0.717, 1.165) is 11.3 Å². The first-order valence-corrected chi connectivity index (χ1v) is 6.00. The van der Waals surface area contributed by atoms with Crippen LogP contribution in [0.15, 0.2) is 35.6 Å². The molecule has 0 amide bonds. The zero-order chi connectivity index (χ0) is 12.4. The van der Waals surface area contributed by atoms with Crippen LogP contribution in [0.3, 0.4) is 0 Å². The quantitative estimate of drug-likeness (QED) is 0.604. The van der Waals surface area contributed by atoms with Crippen molar-refractivity contribution in [2.24, 2.45) is 5.92 Å². The van der Waals surface area contributed by atoms with Gasteiger partial charge in [0.25, 0.3) is 0 Å². The maximum absolute atomic E-state index is 11.9. The van der Waals surface area contributed by atoms with Gasteiger partial charge in [-0.05, 0) is 32.4 Å². The van der Waals surface area contributed by atoms with Gasteiger partial charge in [0.15, 0.2) is 0 Å². The summed E-state index contributed by atoms with van der Waals surface area (Å²) in [6.45, 7) is 5.88. The number of carbonyl (C=O) groups is 1. The van der Waals surface area contributed by atoms with Crippen molar-refractivity contribution < 1.29 is 14.3 Å². The van der Waals surface area contributed by atoms with Crippen LogP contribution in [0.2, 0.25) is 0 Å². The highest BCUT2D eigenvalue weighted by molar-refractivity contribution is 5.77. The summed E-state index contributed by atoms with van der Waals surface area (Å²) in [6.07, 6.45) is 8.11. The van der Waals surface area contributed by atoms with E-state index < -0.39 is 0 Å². The maximum Gasteiger partial charge on any atom is 0.316 e. The lowest BCUT2D eigenvalue weighted by Crippen LogP contribution is -2.25. The number of ether oxygens (including phenoxy) is 2. The van der Waals surface area contributed by atoms with Gasteiger partial charge in [-0.1, -0.05) is 18.2 Å². The Bertz CT molecular complexity index is 404. The summed E-state index contributed by atoms with van der Waals surface area (Å²) < 4.78 is 11.2. The lowest BCUT2D eigenvalue weighted by molar-refractivity contribution is -0.151. The molecule has 0 saturated carbocycles. The Morgan fingerprint density at radius 3 is 2.53 bits per heavy atom. The molecule has 0 aromatic heterocycles. The number of fused-ring (bicyclic) bond motifs is 2. The molecule has 0 radical (unpaired) electrons. The van der Waals surface area contributed by atoms with Gasteiger partial charge in [-0.25, -0.2) is 0 Å². The van der Waals surface area contributed by atoms with E-state index in [1.54, 1.807) is 0 Å². The Morgan fingerprint density at radius 2 is 1.76 bits per heavy atom. The predicted octanol–water partition coefficient (Wildman–Crippen LogP) is 2.74. The first kappa shape index (κ1) is 12.0. The maximum atomic E-state index is 11.9.